The lowest BCUT2D eigenvalue weighted by molar-refractivity contribution is -0.151. The third kappa shape index (κ3) is 3.56. The van der Waals surface area contributed by atoms with Crippen LogP contribution in [0.2, 0.25) is 0 Å². The van der Waals surface area contributed by atoms with Crippen LogP contribution in [0.15, 0.2) is 24.3 Å². The highest BCUT2D eigenvalue weighted by atomic mass is 16.5. The van der Waals surface area contributed by atoms with Gasteiger partial charge in [-0.3, -0.25) is 9.59 Å². The van der Waals surface area contributed by atoms with Gasteiger partial charge in [-0.15, -0.1) is 0 Å². The summed E-state index contributed by atoms with van der Waals surface area (Å²) in [6.07, 6.45) is 1.00. The van der Waals surface area contributed by atoms with Gasteiger partial charge in [0.1, 0.15) is 0 Å². The minimum absolute atomic E-state index is 0.0330. The van der Waals surface area contributed by atoms with Gasteiger partial charge in [0.2, 0.25) is 5.91 Å². The van der Waals surface area contributed by atoms with Gasteiger partial charge in [0.25, 0.3) is 5.91 Å². The number of ether oxygens (including phenoxy) is 1. The van der Waals surface area contributed by atoms with Crippen molar-refractivity contribution in [2.24, 2.45) is 0 Å². The monoisotopic (exact) mass is 334 g/mol. The van der Waals surface area contributed by atoms with Gasteiger partial charge in [0, 0.05) is 32.7 Å². The first-order valence-electron chi connectivity index (χ1n) is 7.78. The number of nitrogens with one attached hydrogen (secondary N) is 1. The number of rotatable bonds is 6. The fourth-order valence-corrected chi connectivity index (χ4v) is 3.00. The topological polar surface area (TPSA) is 95.9 Å². The van der Waals surface area contributed by atoms with Gasteiger partial charge in [-0.1, -0.05) is 12.1 Å². The Morgan fingerprint density at radius 3 is 2.50 bits per heavy atom. The van der Waals surface area contributed by atoms with E-state index in [2.05, 4.69) is 5.32 Å². The predicted octanol–water partition coefficient (Wildman–Crippen LogP) is 1.03. The number of likely N-dealkylation sites (tertiary alicyclic amines) is 1. The molecule has 1 unspecified atom stereocenters. The van der Waals surface area contributed by atoms with Crippen LogP contribution in [0.4, 0.5) is 0 Å². The molecule has 7 nitrogen and oxygen atoms in total. The van der Waals surface area contributed by atoms with E-state index in [0.717, 1.165) is 5.56 Å². The highest BCUT2D eigenvalue weighted by Gasteiger charge is 2.50. The number of carbonyl (C=O) groups excluding carboxylic acids is 2. The van der Waals surface area contributed by atoms with Gasteiger partial charge in [0.15, 0.2) is 5.54 Å². The van der Waals surface area contributed by atoms with E-state index in [0.29, 0.717) is 31.5 Å². The second kappa shape index (κ2) is 7.44. The molecule has 24 heavy (non-hydrogen) atoms. The summed E-state index contributed by atoms with van der Waals surface area (Å²) >= 11 is 0. The number of hydrogen-bond acceptors (Lipinski definition) is 4. The summed E-state index contributed by atoms with van der Waals surface area (Å²) in [6, 6.07) is 6.80. The molecule has 1 aromatic rings. The zero-order chi connectivity index (χ0) is 17.7. The van der Waals surface area contributed by atoms with Crippen LogP contribution in [-0.2, 0) is 20.9 Å². The Balaban J connectivity index is 2.18. The summed E-state index contributed by atoms with van der Waals surface area (Å²) in [6.45, 7) is 2.18. The van der Waals surface area contributed by atoms with Gasteiger partial charge < -0.3 is 20.1 Å². The minimum atomic E-state index is -1.30. The second-order valence-electron chi connectivity index (χ2n) is 5.94. The Morgan fingerprint density at radius 2 is 1.96 bits per heavy atom. The summed E-state index contributed by atoms with van der Waals surface area (Å²) in [5.41, 5.74) is -0.0181. The molecule has 1 aliphatic rings. The van der Waals surface area contributed by atoms with E-state index in [-0.39, 0.29) is 18.4 Å². The van der Waals surface area contributed by atoms with Crippen LogP contribution in [0, 0.1) is 0 Å². The van der Waals surface area contributed by atoms with Crippen LogP contribution in [0.25, 0.3) is 0 Å². The van der Waals surface area contributed by atoms with Crippen LogP contribution >= 0.6 is 0 Å². The fraction of sp³-hybridized carbons (Fsp3) is 0.471. The predicted molar refractivity (Wildman–Crippen MR) is 86.5 cm³/mol. The van der Waals surface area contributed by atoms with Crippen molar-refractivity contribution in [1.29, 1.82) is 0 Å². The molecule has 0 aromatic heterocycles. The van der Waals surface area contributed by atoms with Gasteiger partial charge in [-0.25, -0.2) is 4.79 Å². The van der Waals surface area contributed by atoms with E-state index in [4.69, 9.17) is 4.74 Å². The third-order valence-corrected chi connectivity index (χ3v) is 4.26. The molecular formula is C17H22N2O5. The second-order valence-corrected chi connectivity index (χ2v) is 5.94. The van der Waals surface area contributed by atoms with Crippen molar-refractivity contribution in [3.63, 3.8) is 0 Å². The number of carboxylic acid groups (broad SMARTS) is 1. The lowest BCUT2D eigenvalue weighted by atomic mass is 9.96. The molecule has 1 aliphatic heterocycles. The highest BCUT2D eigenvalue weighted by molar-refractivity contribution is 5.98. The standard InChI is InChI=1S/C17H22N2O5/c1-12(20)18-10-13-4-6-14(7-5-13)15(21)19-9-3-8-17(19,11-24-2)16(22)23/h4-7H,3,8-11H2,1-2H3,(H,18,20)(H,22,23). The zero-order valence-electron chi connectivity index (χ0n) is 13.9. The Kier molecular flexibility index (Phi) is 5.56. The number of amides is 2. The summed E-state index contributed by atoms with van der Waals surface area (Å²) < 4.78 is 5.07. The number of hydrogen-bond donors (Lipinski definition) is 2. The normalized spacial score (nSPS) is 20.0. The quantitative estimate of drug-likeness (QED) is 0.810. The van der Waals surface area contributed by atoms with Crippen molar-refractivity contribution in [1.82, 2.24) is 10.2 Å². The molecule has 1 aromatic carbocycles. The Hall–Kier alpha value is -2.41. The average Bonchev–Trinajstić information content (AvgIpc) is 2.98. The zero-order valence-corrected chi connectivity index (χ0v) is 13.9. The van der Waals surface area contributed by atoms with Crippen molar-refractivity contribution in [3.8, 4) is 0 Å². The smallest absolute Gasteiger partial charge is 0.332 e. The molecule has 2 N–H and O–H groups in total. The number of carboxylic acids is 1. The molecule has 0 bridgehead atoms. The van der Waals surface area contributed by atoms with Crippen molar-refractivity contribution in [3.05, 3.63) is 35.4 Å². The molecule has 1 fully saturated rings. The van der Waals surface area contributed by atoms with E-state index in [1.54, 1.807) is 24.3 Å². The number of nitrogens with zero attached hydrogens (tertiary/aromatic N) is 1. The molecule has 7 heteroatoms. The molecular weight excluding hydrogens is 312 g/mol. The van der Waals surface area contributed by atoms with E-state index in [1.165, 1.54) is 18.9 Å². The third-order valence-electron chi connectivity index (χ3n) is 4.26. The van der Waals surface area contributed by atoms with Crippen LogP contribution in [0.1, 0.15) is 35.7 Å². The molecule has 1 saturated heterocycles. The number of methoxy groups -OCH3 is 1. The van der Waals surface area contributed by atoms with E-state index < -0.39 is 11.5 Å². The van der Waals surface area contributed by atoms with E-state index in [1.807, 2.05) is 0 Å². The van der Waals surface area contributed by atoms with Crippen LogP contribution in [0.5, 0.6) is 0 Å². The van der Waals surface area contributed by atoms with Crippen LogP contribution in [0.3, 0.4) is 0 Å². The largest absolute Gasteiger partial charge is 0.479 e. The number of aliphatic carboxylic acids is 1. The number of benzene rings is 1. The van der Waals surface area contributed by atoms with Crippen LogP contribution < -0.4 is 5.32 Å². The minimum Gasteiger partial charge on any atom is -0.479 e. The summed E-state index contributed by atoms with van der Waals surface area (Å²) in [7, 11) is 1.43. The first kappa shape index (κ1) is 17.9. The fourth-order valence-electron chi connectivity index (χ4n) is 3.00. The van der Waals surface area contributed by atoms with Gasteiger partial charge in [-0.05, 0) is 30.5 Å². The lowest BCUT2D eigenvalue weighted by Crippen LogP contribution is -2.56. The van der Waals surface area contributed by atoms with Gasteiger partial charge in [-0.2, -0.15) is 0 Å². The molecule has 0 radical (unpaired) electrons. The van der Waals surface area contributed by atoms with Crippen molar-refractivity contribution in [2.75, 3.05) is 20.3 Å². The molecule has 130 valence electrons. The SMILES string of the molecule is COCC1(C(=O)O)CCCN1C(=O)c1ccc(CNC(C)=O)cc1. The summed E-state index contributed by atoms with van der Waals surface area (Å²) in [5.74, 6) is -1.49. The van der Waals surface area contributed by atoms with E-state index >= 15 is 0 Å². The Labute approximate surface area is 140 Å². The molecule has 1 atom stereocenters. The van der Waals surface area contributed by atoms with Crippen molar-refractivity contribution >= 4 is 17.8 Å². The van der Waals surface area contributed by atoms with Crippen molar-refractivity contribution in [2.45, 2.75) is 31.8 Å². The lowest BCUT2D eigenvalue weighted by Gasteiger charge is -2.34. The summed E-state index contributed by atoms with van der Waals surface area (Å²) in [5, 5.41) is 12.3. The average molecular weight is 334 g/mol. The van der Waals surface area contributed by atoms with Gasteiger partial charge >= 0.3 is 5.97 Å². The molecule has 2 amide bonds. The maximum Gasteiger partial charge on any atom is 0.332 e. The van der Waals surface area contributed by atoms with Gasteiger partial charge in [0.05, 0.1) is 6.61 Å². The molecule has 0 aliphatic carbocycles. The maximum absolute atomic E-state index is 12.8. The Bertz CT molecular complexity index is 628. The molecule has 2 rings (SSSR count). The first-order chi connectivity index (χ1) is 11.4. The Morgan fingerprint density at radius 1 is 1.29 bits per heavy atom. The van der Waals surface area contributed by atoms with E-state index in [9.17, 15) is 19.5 Å². The molecule has 0 spiro atoms. The summed E-state index contributed by atoms with van der Waals surface area (Å²) in [4.78, 5) is 36.8. The van der Waals surface area contributed by atoms with Crippen LogP contribution in [-0.4, -0.2) is 53.6 Å². The van der Waals surface area contributed by atoms with Crippen molar-refractivity contribution < 1.29 is 24.2 Å². The first-order valence-corrected chi connectivity index (χ1v) is 7.78. The molecule has 0 saturated carbocycles. The highest BCUT2D eigenvalue weighted by Crippen LogP contribution is 2.31. The maximum atomic E-state index is 12.8. The molecule has 1 heterocycles. The number of carbonyl (C=O) groups is 3.